The number of nitrogens with one attached hydrogen (secondary N) is 2. The van der Waals surface area contributed by atoms with E-state index in [9.17, 15) is 4.79 Å². The normalized spacial score (nSPS) is 22.6. The fraction of sp³-hybridized carbons (Fsp3) is 0.500. The Balaban J connectivity index is 1.61. The topological polar surface area (TPSA) is 53.6 Å². The van der Waals surface area contributed by atoms with Crippen molar-refractivity contribution in [2.75, 3.05) is 18.5 Å². The number of likely N-dealkylation sites (N-methyl/N-ethyl adjacent to an activating group) is 1. The molecule has 5 heteroatoms. The Morgan fingerprint density at radius 1 is 1.23 bits per heavy atom. The number of amides is 1. The van der Waals surface area contributed by atoms with Crippen LogP contribution >= 0.6 is 0 Å². The fourth-order valence-electron chi connectivity index (χ4n) is 4.90. The Hall–Kier alpha value is -2.37. The maximum absolute atomic E-state index is 12.8. The number of nitrogens with zero attached hydrogens (tertiary/aromatic N) is 1. The molecule has 0 spiro atoms. The van der Waals surface area contributed by atoms with Crippen molar-refractivity contribution in [3.05, 3.63) is 59.2 Å². The Bertz CT molecular complexity index is 939. The van der Waals surface area contributed by atoms with Crippen molar-refractivity contribution in [3.8, 4) is 5.75 Å². The van der Waals surface area contributed by atoms with Crippen LogP contribution in [0.2, 0.25) is 0 Å². The van der Waals surface area contributed by atoms with Crippen LogP contribution < -0.4 is 20.3 Å². The van der Waals surface area contributed by atoms with Gasteiger partial charge in [-0.1, -0.05) is 30.3 Å². The van der Waals surface area contributed by atoms with E-state index in [0.717, 1.165) is 42.0 Å². The average molecular weight is 422 g/mol. The number of anilines is 1. The molecule has 0 saturated carbocycles. The van der Waals surface area contributed by atoms with Gasteiger partial charge in [-0.2, -0.15) is 0 Å². The molecule has 1 fully saturated rings. The SMILES string of the molecule is CC(C)Oc1cc2c(cc1CN[C@H]1CCCN[C@H]1c1ccccc1)C(C)(C)C(=O)N2C. The van der Waals surface area contributed by atoms with Gasteiger partial charge in [0.05, 0.1) is 17.2 Å². The number of fused-ring (bicyclic) bond motifs is 1. The van der Waals surface area contributed by atoms with E-state index in [1.165, 1.54) is 5.56 Å². The van der Waals surface area contributed by atoms with E-state index < -0.39 is 5.41 Å². The lowest BCUT2D eigenvalue weighted by atomic mass is 9.85. The smallest absolute Gasteiger partial charge is 0.236 e. The van der Waals surface area contributed by atoms with Crippen LogP contribution in [0.3, 0.4) is 0 Å². The molecule has 2 aromatic carbocycles. The second kappa shape index (κ2) is 8.64. The third-order valence-corrected chi connectivity index (χ3v) is 6.59. The number of ether oxygens (including phenoxy) is 1. The third-order valence-electron chi connectivity index (χ3n) is 6.59. The van der Waals surface area contributed by atoms with Gasteiger partial charge in [-0.05, 0) is 64.3 Å². The summed E-state index contributed by atoms with van der Waals surface area (Å²) in [4.78, 5) is 14.6. The van der Waals surface area contributed by atoms with Crippen molar-refractivity contribution in [1.29, 1.82) is 0 Å². The monoisotopic (exact) mass is 421 g/mol. The molecule has 31 heavy (non-hydrogen) atoms. The van der Waals surface area contributed by atoms with Crippen LogP contribution in [-0.4, -0.2) is 31.6 Å². The molecule has 2 aromatic rings. The standard InChI is InChI=1S/C26H35N3O2/c1-17(2)31-23-15-22-20(26(3,4)25(30)29(22)5)14-19(23)16-28-21-12-9-13-27-24(21)18-10-7-6-8-11-18/h6-8,10-11,14-15,17,21,24,27-28H,9,12-13,16H2,1-5H3/t21-,24-/m0/s1. The van der Waals surface area contributed by atoms with E-state index in [2.05, 4.69) is 47.0 Å². The van der Waals surface area contributed by atoms with Crippen LogP contribution in [0.5, 0.6) is 5.75 Å². The molecule has 2 N–H and O–H groups in total. The summed E-state index contributed by atoms with van der Waals surface area (Å²) in [6.45, 7) is 9.85. The van der Waals surface area contributed by atoms with Crippen LogP contribution in [0.25, 0.3) is 0 Å². The number of piperidine rings is 1. The summed E-state index contributed by atoms with van der Waals surface area (Å²) in [6, 6.07) is 15.5. The Morgan fingerprint density at radius 2 is 1.97 bits per heavy atom. The molecular formula is C26H35N3O2. The molecule has 166 valence electrons. The molecule has 5 nitrogen and oxygen atoms in total. The molecule has 0 bridgehead atoms. The lowest BCUT2D eigenvalue weighted by Gasteiger charge is -2.34. The first-order valence-corrected chi connectivity index (χ1v) is 11.4. The summed E-state index contributed by atoms with van der Waals surface area (Å²) in [5.41, 5.74) is 3.94. The predicted molar refractivity (Wildman–Crippen MR) is 126 cm³/mol. The lowest BCUT2D eigenvalue weighted by molar-refractivity contribution is -0.121. The van der Waals surface area contributed by atoms with Gasteiger partial charge in [0.1, 0.15) is 5.75 Å². The van der Waals surface area contributed by atoms with Gasteiger partial charge in [-0.25, -0.2) is 0 Å². The Kier molecular flexibility index (Phi) is 6.09. The predicted octanol–water partition coefficient (Wildman–Crippen LogP) is 4.31. The fourth-order valence-corrected chi connectivity index (χ4v) is 4.90. The average Bonchev–Trinajstić information content (AvgIpc) is 2.92. The summed E-state index contributed by atoms with van der Waals surface area (Å²) in [5, 5.41) is 7.49. The van der Waals surface area contributed by atoms with Crippen LogP contribution in [-0.2, 0) is 16.8 Å². The zero-order valence-electron chi connectivity index (χ0n) is 19.4. The summed E-state index contributed by atoms with van der Waals surface area (Å²) >= 11 is 0. The minimum absolute atomic E-state index is 0.0700. The number of carbonyl (C=O) groups is 1. The molecule has 2 aliphatic heterocycles. The van der Waals surface area contributed by atoms with Crippen LogP contribution in [0.15, 0.2) is 42.5 Å². The molecule has 0 unspecified atom stereocenters. The second-order valence-corrected chi connectivity index (χ2v) is 9.60. The van der Waals surface area contributed by atoms with Gasteiger partial charge in [0, 0.05) is 37.3 Å². The molecule has 0 radical (unpaired) electrons. The molecule has 0 aromatic heterocycles. The van der Waals surface area contributed by atoms with Gasteiger partial charge in [0.15, 0.2) is 0 Å². The van der Waals surface area contributed by atoms with Crippen molar-refractivity contribution >= 4 is 11.6 Å². The lowest BCUT2D eigenvalue weighted by Crippen LogP contribution is -2.45. The van der Waals surface area contributed by atoms with Gasteiger partial charge >= 0.3 is 0 Å². The van der Waals surface area contributed by atoms with Crippen molar-refractivity contribution in [2.45, 2.75) is 70.7 Å². The highest BCUT2D eigenvalue weighted by Gasteiger charge is 2.43. The minimum Gasteiger partial charge on any atom is -0.491 e. The van der Waals surface area contributed by atoms with Crippen LogP contribution in [0.1, 0.15) is 63.3 Å². The summed E-state index contributed by atoms with van der Waals surface area (Å²) < 4.78 is 6.18. The highest BCUT2D eigenvalue weighted by atomic mass is 16.5. The largest absolute Gasteiger partial charge is 0.491 e. The number of hydrogen-bond acceptors (Lipinski definition) is 4. The summed E-state index contributed by atoms with van der Waals surface area (Å²) in [5.74, 6) is 0.988. The van der Waals surface area contributed by atoms with Crippen LogP contribution in [0.4, 0.5) is 5.69 Å². The van der Waals surface area contributed by atoms with E-state index in [4.69, 9.17) is 4.74 Å². The van der Waals surface area contributed by atoms with Crippen molar-refractivity contribution in [1.82, 2.24) is 10.6 Å². The van der Waals surface area contributed by atoms with Crippen LogP contribution in [0, 0.1) is 0 Å². The number of benzene rings is 2. The van der Waals surface area contributed by atoms with Gasteiger partial charge in [0.25, 0.3) is 0 Å². The second-order valence-electron chi connectivity index (χ2n) is 9.60. The van der Waals surface area contributed by atoms with Crippen molar-refractivity contribution < 1.29 is 9.53 Å². The third kappa shape index (κ3) is 4.21. The van der Waals surface area contributed by atoms with Crippen molar-refractivity contribution in [3.63, 3.8) is 0 Å². The maximum atomic E-state index is 12.8. The highest BCUT2D eigenvalue weighted by Crippen LogP contribution is 2.44. The van der Waals surface area contributed by atoms with E-state index in [1.807, 2.05) is 40.8 Å². The van der Waals surface area contributed by atoms with Gasteiger partial charge in [-0.15, -0.1) is 0 Å². The number of rotatable bonds is 6. The number of carbonyl (C=O) groups excluding carboxylic acids is 1. The van der Waals surface area contributed by atoms with E-state index >= 15 is 0 Å². The Morgan fingerprint density at radius 3 is 2.68 bits per heavy atom. The van der Waals surface area contributed by atoms with E-state index in [1.54, 1.807) is 4.90 Å². The van der Waals surface area contributed by atoms with Crippen molar-refractivity contribution in [2.24, 2.45) is 0 Å². The first-order chi connectivity index (χ1) is 14.8. The first-order valence-electron chi connectivity index (χ1n) is 11.4. The van der Waals surface area contributed by atoms with Gasteiger partial charge in [0.2, 0.25) is 5.91 Å². The van der Waals surface area contributed by atoms with E-state index in [-0.39, 0.29) is 12.0 Å². The van der Waals surface area contributed by atoms with Gasteiger partial charge in [-0.3, -0.25) is 4.79 Å². The summed E-state index contributed by atoms with van der Waals surface area (Å²) in [7, 11) is 1.85. The zero-order chi connectivity index (χ0) is 22.2. The van der Waals surface area contributed by atoms with E-state index in [0.29, 0.717) is 18.6 Å². The molecule has 1 saturated heterocycles. The molecule has 4 rings (SSSR count). The minimum atomic E-state index is -0.520. The van der Waals surface area contributed by atoms with Gasteiger partial charge < -0.3 is 20.3 Å². The molecule has 0 aliphatic carbocycles. The molecule has 1 amide bonds. The molecule has 2 aliphatic rings. The number of hydrogen-bond donors (Lipinski definition) is 2. The Labute approximate surface area is 186 Å². The highest BCUT2D eigenvalue weighted by molar-refractivity contribution is 6.07. The molecule has 2 atom stereocenters. The summed E-state index contributed by atoms with van der Waals surface area (Å²) in [6.07, 6.45) is 2.36. The quantitative estimate of drug-likeness (QED) is 0.730. The molecule has 2 heterocycles. The maximum Gasteiger partial charge on any atom is 0.236 e. The zero-order valence-corrected chi connectivity index (χ0v) is 19.4. The first kappa shape index (κ1) is 21.8. The molecular weight excluding hydrogens is 386 g/mol.